The third kappa shape index (κ3) is 3.12. The second-order valence-electron chi connectivity index (χ2n) is 2.46. The Labute approximate surface area is 76.3 Å². The van der Waals surface area contributed by atoms with Gasteiger partial charge in [-0.15, -0.1) is 0 Å². The van der Waals surface area contributed by atoms with Gasteiger partial charge in [-0.05, 0) is 0 Å². The molecule has 1 heterocycles. The van der Waals surface area contributed by atoms with Gasteiger partial charge in [0.05, 0.1) is 6.61 Å². The lowest BCUT2D eigenvalue weighted by Crippen LogP contribution is -2.10. The SMILES string of the molecule is COCCNc1cc(N)nc(N)n1. The fraction of sp³-hybridized carbons (Fsp3) is 0.429. The maximum atomic E-state index is 5.46. The number of nitrogen functional groups attached to an aromatic ring is 2. The van der Waals surface area contributed by atoms with Crippen molar-refractivity contribution in [2.24, 2.45) is 0 Å². The first-order chi connectivity index (χ1) is 6.22. The number of hydrogen-bond acceptors (Lipinski definition) is 6. The molecule has 0 fully saturated rings. The molecule has 6 heteroatoms. The smallest absolute Gasteiger partial charge is 0.223 e. The third-order valence-corrected chi connectivity index (χ3v) is 1.38. The van der Waals surface area contributed by atoms with Crippen LogP contribution in [0.4, 0.5) is 17.6 Å². The molecule has 1 rings (SSSR count). The van der Waals surface area contributed by atoms with Crippen molar-refractivity contribution in [1.82, 2.24) is 9.97 Å². The molecule has 0 bridgehead atoms. The summed E-state index contributed by atoms with van der Waals surface area (Å²) in [7, 11) is 1.63. The highest BCUT2D eigenvalue weighted by molar-refractivity contribution is 5.48. The Bertz CT molecular complexity index is 257. The van der Waals surface area contributed by atoms with Crippen LogP contribution in [-0.4, -0.2) is 30.2 Å². The van der Waals surface area contributed by atoms with Gasteiger partial charge in [-0.25, -0.2) is 0 Å². The Morgan fingerprint density at radius 2 is 2.23 bits per heavy atom. The summed E-state index contributed by atoms with van der Waals surface area (Å²) in [5.41, 5.74) is 10.9. The average Bonchev–Trinajstić information content (AvgIpc) is 2.03. The molecule has 5 N–H and O–H groups in total. The van der Waals surface area contributed by atoms with E-state index in [4.69, 9.17) is 16.2 Å². The maximum absolute atomic E-state index is 5.46. The van der Waals surface area contributed by atoms with Gasteiger partial charge in [0.2, 0.25) is 5.95 Å². The van der Waals surface area contributed by atoms with Crippen molar-refractivity contribution in [1.29, 1.82) is 0 Å². The Balaban J connectivity index is 2.56. The number of aromatic nitrogens is 2. The minimum absolute atomic E-state index is 0.167. The molecule has 72 valence electrons. The van der Waals surface area contributed by atoms with Gasteiger partial charge in [-0.2, -0.15) is 9.97 Å². The number of nitrogens with one attached hydrogen (secondary N) is 1. The van der Waals surface area contributed by atoms with E-state index >= 15 is 0 Å². The van der Waals surface area contributed by atoms with E-state index in [-0.39, 0.29) is 5.95 Å². The summed E-state index contributed by atoms with van der Waals surface area (Å²) in [5.74, 6) is 1.13. The van der Waals surface area contributed by atoms with Crippen LogP contribution in [-0.2, 0) is 4.74 Å². The monoisotopic (exact) mass is 183 g/mol. The average molecular weight is 183 g/mol. The van der Waals surface area contributed by atoms with Crippen LogP contribution in [0.25, 0.3) is 0 Å². The maximum Gasteiger partial charge on any atom is 0.223 e. The van der Waals surface area contributed by atoms with Crippen molar-refractivity contribution in [3.63, 3.8) is 0 Å². The molecule has 1 aromatic heterocycles. The van der Waals surface area contributed by atoms with Crippen LogP contribution in [0.15, 0.2) is 6.07 Å². The first-order valence-electron chi connectivity index (χ1n) is 3.85. The predicted molar refractivity (Wildman–Crippen MR) is 51.2 cm³/mol. The molecule has 0 aliphatic heterocycles. The predicted octanol–water partition coefficient (Wildman–Crippen LogP) is -0.301. The zero-order chi connectivity index (χ0) is 9.68. The summed E-state index contributed by atoms with van der Waals surface area (Å²) < 4.78 is 4.86. The second-order valence-corrected chi connectivity index (χ2v) is 2.46. The lowest BCUT2D eigenvalue weighted by molar-refractivity contribution is 0.210. The largest absolute Gasteiger partial charge is 0.383 e. The fourth-order valence-corrected chi connectivity index (χ4v) is 0.857. The molecule has 0 saturated carbocycles. The van der Waals surface area contributed by atoms with Gasteiger partial charge in [0.25, 0.3) is 0 Å². The summed E-state index contributed by atoms with van der Waals surface area (Å²) in [6.07, 6.45) is 0. The van der Waals surface area contributed by atoms with Crippen molar-refractivity contribution in [3.05, 3.63) is 6.07 Å². The number of rotatable bonds is 4. The molecule has 0 radical (unpaired) electrons. The molecule has 13 heavy (non-hydrogen) atoms. The first kappa shape index (κ1) is 9.53. The van der Waals surface area contributed by atoms with Crippen molar-refractivity contribution >= 4 is 17.6 Å². The van der Waals surface area contributed by atoms with Crippen LogP contribution in [0.1, 0.15) is 0 Å². The van der Waals surface area contributed by atoms with E-state index in [1.165, 1.54) is 0 Å². The molecule has 0 atom stereocenters. The normalized spacial score (nSPS) is 9.92. The molecule has 0 spiro atoms. The fourth-order valence-electron chi connectivity index (χ4n) is 0.857. The molecule has 0 aliphatic carbocycles. The quantitative estimate of drug-likeness (QED) is 0.554. The van der Waals surface area contributed by atoms with Crippen LogP contribution in [0.5, 0.6) is 0 Å². The van der Waals surface area contributed by atoms with Crippen molar-refractivity contribution in [2.75, 3.05) is 37.0 Å². The summed E-state index contributed by atoms with van der Waals surface area (Å²) in [6.45, 7) is 1.26. The van der Waals surface area contributed by atoms with Crippen LogP contribution < -0.4 is 16.8 Å². The molecular weight excluding hydrogens is 170 g/mol. The standard InChI is InChI=1S/C7H13N5O/c1-13-3-2-10-6-4-5(8)11-7(9)12-6/h4H,2-3H2,1H3,(H5,8,9,10,11,12). The third-order valence-electron chi connectivity index (χ3n) is 1.38. The number of anilines is 3. The van der Waals surface area contributed by atoms with E-state index in [1.54, 1.807) is 13.2 Å². The minimum atomic E-state index is 0.167. The molecule has 0 saturated heterocycles. The number of nitrogens with two attached hydrogens (primary N) is 2. The van der Waals surface area contributed by atoms with Gasteiger partial charge in [0.15, 0.2) is 0 Å². The first-order valence-corrected chi connectivity index (χ1v) is 3.85. The molecule has 6 nitrogen and oxygen atoms in total. The van der Waals surface area contributed by atoms with Gasteiger partial charge < -0.3 is 21.5 Å². The highest BCUT2D eigenvalue weighted by Crippen LogP contribution is 2.08. The van der Waals surface area contributed by atoms with Gasteiger partial charge in [0, 0.05) is 19.7 Å². The number of hydrogen-bond donors (Lipinski definition) is 3. The van der Waals surface area contributed by atoms with E-state index in [0.29, 0.717) is 24.8 Å². The zero-order valence-corrected chi connectivity index (χ0v) is 7.45. The van der Waals surface area contributed by atoms with Gasteiger partial charge in [-0.3, -0.25) is 0 Å². The Kier molecular flexibility index (Phi) is 3.27. The lowest BCUT2D eigenvalue weighted by Gasteiger charge is -2.05. The van der Waals surface area contributed by atoms with Crippen molar-refractivity contribution in [2.45, 2.75) is 0 Å². The van der Waals surface area contributed by atoms with E-state index in [0.717, 1.165) is 0 Å². The molecule has 0 unspecified atom stereocenters. The molecule has 0 amide bonds. The molecular formula is C7H13N5O. The molecule has 1 aromatic rings. The number of nitrogens with zero attached hydrogens (tertiary/aromatic N) is 2. The molecule has 0 aliphatic rings. The van der Waals surface area contributed by atoms with Crippen LogP contribution in [0.2, 0.25) is 0 Å². The zero-order valence-electron chi connectivity index (χ0n) is 7.45. The van der Waals surface area contributed by atoms with Crippen molar-refractivity contribution in [3.8, 4) is 0 Å². The summed E-state index contributed by atoms with van der Waals surface area (Å²) in [5, 5.41) is 2.99. The van der Waals surface area contributed by atoms with Crippen LogP contribution in [0.3, 0.4) is 0 Å². The van der Waals surface area contributed by atoms with Gasteiger partial charge in [-0.1, -0.05) is 0 Å². The summed E-state index contributed by atoms with van der Waals surface area (Å²) in [4.78, 5) is 7.66. The molecule has 0 aromatic carbocycles. The van der Waals surface area contributed by atoms with E-state index in [9.17, 15) is 0 Å². The Hall–Kier alpha value is -1.56. The topological polar surface area (TPSA) is 99.1 Å². The number of ether oxygens (including phenoxy) is 1. The van der Waals surface area contributed by atoms with Gasteiger partial charge >= 0.3 is 0 Å². The Morgan fingerprint density at radius 1 is 1.46 bits per heavy atom. The van der Waals surface area contributed by atoms with Crippen LogP contribution >= 0.6 is 0 Å². The summed E-state index contributed by atoms with van der Waals surface area (Å²) >= 11 is 0. The van der Waals surface area contributed by atoms with E-state index in [1.807, 2.05) is 0 Å². The lowest BCUT2D eigenvalue weighted by atomic mass is 10.5. The second kappa shape index (κ2) is 4.46. The van der Waals surface area contributed by atoms with E-state index < -0.39 is 0 Å². The van der Waals surface area contributed by atoms with Gasteiger partial charge in [0.1, 0.15) is 11.6 Å². The number of methoxy groups -OCH3 is 1. The van der Waals surface area contributed by atoms with Crippen LogP contribution in [0, 0.1) is 0 Å². The van der Waals surface area contributed by atoms with E-state index in [2.05, 4.69) is 15.3 Å². The minimum Gasteiger partial charge on any atom is -0.383 e. The Morgan fingerprint density at radius 3 is 2.85 bits per heavy atom. The highest BCUT2D eigenvalue weighted by Gasteiger charge is 1.97. The highest BCUT2D eigenvalue weighted by atomic mass is 16.5. The summed E-state index contributed by atoms with van der Waals surface area (Å²) in [6, 6.07) is 1.62. The van der Waals surface area contributed by atoms with Crippen molar-refractivity contribution < 1.29 is 4.74 Å².